The van der Waals surface area contributed by atoms with Gasteiger partial charge in [0.1, 0.15) is 19.0 Å². The van der Waals surface area contributed by atoms with Crippen LogP contribution in [0.3, 0.4) is 0 Å². The molecular weight excluding hydrogens is 524 g/mol. The number of benzene rings is 2. The maximum absolute atomic E-state index is 13.3. The summed E-state index contributed by atoms with van der Waals surface area (Å²) in [5, 5.41) is 0. The first kappa shape index (κ1) is 30.2. The fourth-order valence-electron chi connectivity index (χ4n) is 6.16. The Kier molecular flexibility index (Phi) is 11.4. The fraction of sp³-hybridized carbons (Fsp3) is 0.486. The molecule has 0 aliphatic carbocycles. The molecule has 1 fully saturated rings. The van der Waals surface area contributed by atoms with Crippen LogP contribution in [0.5, 0.6) is 5.75 Å². The number of fused-ring (bicyclic) bond motifs is 1. The Morgan fingerprint density at radius 1 is 0.810 bits per heavy atom. The van der Waals surface area contributed by atoms with Crippen LogP contribution in [0.4, 0.5) is 5.69 Å². The van der Waals surface area contributed by atoms with Crippen molar-refractivity contribution in [2.75, 3.05) is 57.9 Å². The number of pyridine rings is 1. The van der Waals surface area contributed by atoms with Gasteiger partial charge in [-0.15, -0.1) is 0 Å². The van der Waals surface area contributed by atoms with E-state index in [4.69, 9.17) is 9.47 Å². The van der Waals surface area contributed by atoms with Crippen molar-refractivity contribution in [3.05, 3.63) is 78.1 Å². The van der Waals surface area contributed by atoms with E-state index in [1.165, 1.54) is 44.3 Å². The summed E-state index contributed by atoms with van der Waals surface area (Å²) < 4.78 is 11.5. The summed E-state index contributed by atoms with van der Waals surface area (Å²) in [5.74, 6) is 0.954. The van der Waals surface area contributed by atoms with Gasteiger partial charge in [0.05, 0.1) is 0 Å². The number of ether oxygens (including phenoxy) is 2. The highest BCUT2D eigenvalue weighted by Gasteiger charge is 2.21. The van der Waals surface area contributed by atoms with Crippen molar-refractivity contribution in [2.45, 2.75) is 58.0 Å². The minimum absolute atomic E-state index is 0.0119. The van der Waals surface area contributed by atoms with Gasteiger partial charge in [-0.3, -0.25) is 19.6 Å². The molecule has 42 heavy (non-hydrogen) atoms. The first-order chi connectivity index (χ1) is 20.7. The topological polar surface area (TPSA) is 58.1 Å². The summed E-state index contributed by atoms with van der Waals surface area (Å²) in [6, 6.07) is 19.2. The molecule has 0 saturated carbocycles. The zero-order chi connectivity index (χ0) is 29.0. The van der Waals surface area contributed by atoms with Crippen molar-refractivity contribution >= 4 is 11.6 Å². The minimum atomic E-state index is 0.0119. The van der Waals surface area contributed by atoms with Gasteiger partial charge in [0.15, 0.2) is 0 Å². The van der Waals surface area contributed by atoms with Gasteiger partial charge in [0.2, 0.25) is 0 Å². The average Bonchev–Trinajstić information content (AvgIpc) is 3.52. The molecule has 1 aromatic heterocycles. The predicted molar refractivity (Wildman–Crippen MR) is 169 cm³/mol. The van der Waals surface area contributed by atoms with Crippen LogP contribution >= 0.6 is 0 Å². The van der Waals surface area contributed by atoms with Crippen molar-refractivity contribution in [1.29, 1.82) is 0 Å². The van der Waals surface area contributed by atoms with E-state index in [1.807, 2.05) is 29.4 Å². The summed E-state index contributed by atoms with van der Waals surface area (Å²) in [7, 11) is 1.59. The lowest BCUT2D eigenvalue weighted by molar-refractivity contribution is -0.122. The van der Waals surface area contributed by atoms with E-state index >= 15 is 0 Å². The molecule has 1 amide bonds. The first-order valence-electron chi connectivity index (χ1n) is 15.7. The number of hydrogen-bond donors (Lipinski definition) is 0. The smallest absolute Gasteiger partial charge is 0.252 e. The summed E-state index contributed by atoms with van der Waals surface area (Å²) in [6.45, 7) is 7.48. The van der Waals surface area contributed by atoms with Crippen LogP contribution in [0, 0.1) is 0 Å². The van der Waals surface area contributed by atoms with Gasteiger partial charge >= 0.3 is 0 Å². The van der Waals surface area contributed by atoms with Crippen molar-refractivity contribution in [3.8, 4) is 16.9 Å². The number of hydrogen-bond acceptors (Lipinski definition) is 6. The van der Waals surface area contributed by atoms with Gasteiger partial charge in [-0.2, -0.15) is 0 Å². The number of aromatic nitrogens is 1. The molecule has 2 aromatic carbocycles. The molecule has 0 bridgehead atoms. The number of likely N-dealkylation sites (tertiary alicyclic amines) is 1. The molecule has 0 radical (unpaired) electrons. The lowest BCUT2D eigenvalue weighted by atomic mass is 10.0. The second-order valence-electron chi connectivity index (χ2n) is 11.6. The van der Waals surface area contributed by atoms with Crippen LogP contribution in [-0.4, -0.2) is 73.7 Å². The molecular formula is C35H46N4O3. The highest BCUT2D eigenvalue weighted by Crippen LogP contribution is 2.30. The van der Waals surface area contributed by atoms with Crippen molar-refractivity contribution in [1.82, 2.24) is 14.8 Å². The van der Waals surface area contributed by atoms with E-state index in [0.717, 1.165) is 80.2 Å². The van der Waals surface area contributed by atoms with Gasteiger partial charge in [-0.05, 0) is 104 Å². The normalized spacial score (nSPS) is 17.3. The number of carbonyl (C=O) groups is 1. The Labute approximate surface area is 251 Å². The summed E-state index contributed by atoms with van der Waals surface area (Å²) in [4.78, 5) is 24.4. The number of carbonyl (C=O) groups excluding carboxylic acids is 1. The molecule has 7 nitrogen and oxygen atoms in total. The average molecular weight is 571 g/mol. The molecule has 3 heterocycles. The number of methoxy groups -OCH3 is 1. The van der Waals surface area contributed by atoms with Crippen LogP contribution in [-0.2, 0) is 22.6 Å². The number of amides is 1. The molecule has 3 aromatic rings. The summed E-state index contributed by atoms with van der Waals surface area (Å²) in [5.41, 5.74) is 5.65. The van der Waals surface area contributed by atoms with E-state index in [1.54, 1.807) is 7.11 Å². The van der Waals surface area contributed by atoms with Crippen molar-refractivity contribution in [3.63, 3.8) is 0 Å². The summed E-state index contributed by atoms with van der Waals surface area (Å²) in [6.07, 6.45) is 11.9. The zero-order valence-corrected chi connectivity index (χ0v) is 25.2. The third-order valence-electron chi connectivity index (χ3n) is 8.38. The third-order valence-corrected chi connectivity index (χ3v) is 8.38. The fourth-order valence-corrected chi connectivity index (χ4v) is 6.16. The van der Waals surface area contributed by atoms with E-state index in [0.29, 0.717) is 6.54 Å². The number of rotatable bonds is 9. The van der Waals surface area contributed by atoms with Crippen LogP contribution in [0.15, 0.2) is 67.0 Å². The maximum atomic E-state index is 13.3. The van der Waals surface area contributed by atoms with Crippen molar-refractivity contribution < 1.29 is 14.3 Å². The second-order valence-corrected chi connectivity index (χ2v) is 11.6. The Balaban J connectivity index is 1.39. The van der Waals surface area contributed by atoms with E-state index in [-0.39, 0.29) is 12.5 Å². The van der Waals surface area contributed by atoms with Gasteiger partial charge < -0.3 is 14.4 Å². The molecule has 0 spiro atoms. The third kappa shape index (κ3) is 8.63. The van der Waals surface area contributed by atoms with E-state index in [9.17, 15) is 4.79 Å². The monoisotopic (exact) mass is 570 g/mol. The first-order valence-corrected chi connectivity index (χ1v) is 15.7. The molecule has 7 heteroatoms. The molecule has 0 atom stereocenters. The van der Waals surface area contributed by atoms with Crippen LogP contribution in [0.1, 0.15) is 56.1 Å². The lowest BCUT2D eigenvalue weighted by Gasteiger charge is -2.30. The van der Waals surface area contributed by atoms with E-state index in [2.05, 4.69) is 57.2 Å². The number of anilines is 1. The molecule has 2 aliphatic heterocycles. The molecule has 1 saturated heterocycles. The highest BCUT2D eigenvalue weighted by atomic mass is 16.5. The number of nitrogens with zero attached hydrogens (tertiary/aromatic N) is 4. The van der Waals surface area contributed by atoms with Crippen LogP contribution < -0.4 is 9.64 Å². The van der Waals surface area contributed by atoms with Crippen LogP contribution in [0.25, 0.3) is 11.1 Å². The maximum Gasteiger partial charge on any atom is 0.252 e. The Bertz CT molecular complexity index is 1260. The second kappa shape index (κ2) is 15.8. The molecule has 0 unspecified atom stereocenters. The predicted octanol–water partition coefficient (Wildman–Crippen LogP) is 6.17. The largest absolute Gasteiger partial charge is 0.492 e. The molecule has 2 aliphatic rings. The zero-order valence-electron chi connectivity index (χ0n) is 25.2. The van der Waals surface area contributed by atoms with Gasteiger partial charge in [0.25, 0.3) is 5.91 Å². The molecule has 0 N–H and O–H groups in total. The SMILES string of the molecule is COCC(=O)N1CCCCCCCN(Cc2cccc(OCCN3CCCC3)c2)Cc2cc(-c3ccncc3)ccc21. The Hall–Kier alpha value is -3.26. The van der Waals surface area contributed by atoms with Crippen LogP contribution in [0.2, 0.25) is 0 Å². The van der Waals surface area contributed by atoms with Crippen molar-refractivity contribution in [2.24, 2.45) is 0 Å². The van der Waals surface area contributed by atoms with Gasteiger partial charge in [-0.1, -0.05) is 37.5 Å². The molecule has 224 valence electrons. The summed E-state index contributed by atoms with van der Waals surface area (Å²) >= 11 is 0. The molecule has 5 rings (SSSR count). The highest BCUT2D eigenvalue weighted by molar-refractivity contribution is 5.95. The standard InChI is InChI=1S/C35H46N4O3/c1-41-28-35(40)39-21-6-4-2-3-5-20-38(27-32-25-31(12-13-34(32)39)30-14-16-36-17-15-30)26-29-10-9-11-33(24-29)42-23-22-37-18-7-8-19-37/h9-17,24-25H,2-8,18-23,26-28H2,1H3. The van der Waals surface area contributed by atoms with Gasteiger partial charge in [0, 0.05) is 51.4 Å². The minimum Gasteiger partial charge on any atom is -0.492 e. The quantitative estimate of drug-likeness (QED) is 0.307. The Morgan fingerprint density at radius 2 is 1.55 bits per heavy atom. The van der Waals surface area contributed by atoms with E-state index < -0.39 is 0 Å². The Morgan fingerprint density at radius 3 is 2.36 bits per heavy atom. The lowest BCUT2D eigenvalue weighted by Crippen LogP contribution is -2.36. The van der Waals surface area contributed by atoms with Gasteiger partial charge in [-0.25, -0.2) is 0 Å².